The molecular weight excluding hydrogens is 186 g/mol. The summed E-state index contributed by atoms with van der Waals surface area (Å²) in [6.07, 6.45) is 3.67. The topological polar surface area (TPSA) is 41.1 Å². The van der Waals surface area contributed by atoms with Gasteiger partial charge in [-0.1, -0.05) is 0 Å². The molecule has 0 saturated carbocycles. The van der Waals surface area contributed by atoms with Crippen molar-refractivity contribution in [2.45, 2.75) is 5.88 Å². The van der Waals surface area contributed by atoms with E-state index in [1.807, 2.05) is 18.5 Å². The molecule has 0 fully saturated rings. The minimum atomic E-state index is 0.368. The number of hydrogen-bond acceptors (Lipinski definition) is 2. The molecule has 0 aliphatic carbocycles. The lowest BCUT2D eigenvalue weighted by Crippen LogP contribution is -1.85. The van der Waals surface area contributed by atoms with Gasteiger partial charge in [-0.05, 0) is 12.1 Å². The summed E-state index contributed by atoms with van der Waals surface area (Å²) < 4.78 is 1.80. The maximum atomic E-state index is 8.78. The van der Waals surface area contributed by atoms with Gasteiger partial charge in [0.2, 0.25) is 0 Å². The molecule has 0 aromatic carbocycles. The minimum absolute atomic E-state index is 0.368. The quantitative estimate of drug-likeness (QED) is 0.647. The van der Waals surface area contributed by atoms with Gasteiger partial charge in [-0.2, -0.15) is 5.26 Å². The van der Waals surface area contributed by atoms with E-state index in [4.69, 9.17) is 16.9 Å². The molecule has 0 atom stereocenters. The molecule has 4 heteroatoms. The third-order valence-electron chi connectivity index (χ3n) is 1.79. The van der Waals surface area contributed by atoms with Gasteiger partial charge < -0.3 is 4.40 Å². The summed E-state index contributed by atoms with van der Waals surface area (Å²) in [5, 5.41) is 8.78. The van der Waals surface area contributed by atoms with Crippen LogP contribution in [0.4, 0.5) is 0 Å². The molecule has 2 aromatic rings. The second-order valence-corrected chi connectivity index (χ2v) is 2.90. The number of aromatic nitrogens is 2. The highest BCUT2D eigenvalue weighted by atomic mass is 35.5. The first-order valence-corrected chi connectivity index (χ1v) is 4.31. The Kier molecular flexibility index (Phi) is 1.91. The molecule has 0 spiro atoms. The fourth-order valence-electron chi connectivity index (χ4n) is 1.22. The van der Waals surface area contributed by atoms with Gasteiger partial charge >= 0.3 is 0 Å². The third-order valence-corrected chi connectivity index (χ3v) is 2.06. The van der Waals surface area contributed by atoms with Gasteiger partial charge in [-0.15, -0.1) is 11.6 Å². The predicted octanol–water partition coefficient (Wildman–Crippen LogP) is 1.94. The summed E-state index contributed by atoms with van der Waals surface area (Å²) in [5.41, 5.74) is 2.02. The zero-order valence-electron chi connectivity index (χ0n) is 6.74. The Balaban J connectivity index is 2.76. The number of pyridine rings is 1. The molecule has 0 amide bonds. The van der Waals surface area contributed by atoms with Crippen LogP contribution >= 0.6 is 11.6 Å². The van der Waals surface area contributed by atoms with Crippen LogP contribution in [0.15, 0.2) is 24.5 Å². The van der Waals surface area contributed by atoms with Crippen LogP contribution in [0.1, 0.15) is 11.3 Å². The van der Waals surface area contributed by atoms with E-state index in [0.29, 0.717) is 17.1 Å². The first-order chi connectivity index (χ1) is 6.35. The van der Waals surface area contributed by atoms with Crippen LogP contribution in [0.25, 0.3) is 5.65 Å². The normalized spacial score (nSPS) is 10.2. The van der Waals surface area contributed by atoms with Crippen LogP contribution in [-0.2, 0) is 5.88 Å². The fourth-order valence-corrected chi connectivity index (χ4v) is 1.34. The molecule has 0 unspecified atom stereocenters. The lowest BCUT2D eigenvalue weighted by atomic mass is 10.3. The molecule has 0 aliphatic rings. The van der Waals surface area contributed by atoms with Gasteiger partial charge in [0.1, 0.15) is 6.07 Å². The van der Waals surface area contributed by atoms with Crippen molar-refractivity contribution in [3.8, 4) is 6.07 Å². The van der Waals surface area contributed by atoms with E-state index in [2.05, 4.69) is 11.1 Å². The van der Waals surface area contributed by atoms with Gasteiger partial charge in [0.25, 0.3) is 0 Å². The molecule has 0 radical (unpaired) electrons. The van der Waals surface area contributed by atoms with E-state index in [1.165, 1.54) is 0 Å². The van der Waals surface area contributed by atoms with Crippen LogP contribution in [-0.4, -0.2) is 9.38 Å². The van der Waals surface area contributed by atoms with E-state index < -0.39 is 0 Å². The van der Waals surface area contributed by atoms with E-state index >= 15 is 0 Å². The largest absolute Gasteiger partial charge is 0.306 e. The van der Waals surface area contributed by atoms with Crippen LogP contribution < -0.4 is 0 Å². The van der Waals surface area contributed by atoms with Crippen LogP contribution in [0.5, 0.6) is 0 Å². The number of nitrogens with zero attached hydrogens (tertiary/aromatic N) is 3. The van der Waals surface area contributed by atoms with Crippen molar-refractivity contribution in [2.75, 3.05) is 0 Å². The molecule has 0 N–H and O–H groups in total. The summed E-state index contributed by atoms with van der Waals surface area (Å²) in [7, 11) is 0. The van der Waals surface area contributed by atoms with Crippen LogP contribution in [0.2, 0.25) is 0 Å². The predicted molar refractivity (Wildman–Crippen MR) is 49.5 cm³/mol. The van der Waals surface area contributed by atoms with Crippen LogP contribution in [0, 0.1) is 11.3 Å². The van der Waals surface area contributed by atoms with Gasteiger partial charge in [-0.3, -0.25) is 0 Å². The average molecular weight is 192 g/mol. The Bertz CT molecular complexity index is 481. The third kappa shape index (κ3) is 1.25. The van der Waals surface area contributed by atoms with Gasteiger partial charge in [0, 0.05) is 12.4 Å². The van der Waals surface area contributed by atoms with E-state index in [-0.39, 0.29) is 0 Å². The maximum Gasteiger partial charge on any atom is 0.155 e. The Morgan fingerprint density at radius 2 is 2.46 bits per heavy atom. The lowest BCUT2D eigenvalue weighted by molar-refractivity contribution is 1.17. The molecule has 3 nitrogen and oxygen atoms in total. The van der Waals surface area contributed by atoms with Crippen molar-refractivity contribution in [1.82, 2.24) is 9.38 Å². The highest BCUT2D eigenvalue weighted by Crippen LogP contribution is 2.11. The Hall–Kier alpha value is -1.53. The summed E-state index contributed by atoms with van der Waals surface area (Å²) >= 11 is 5.64. The van der Waals surface area contributed by atoms with E-state index in [1.54, 1.807) is 10.5 Å². The lowest BCUT2D eigenvalue weighted by Gasteiger charge is -1.91. The first-order valence-electron chi connectivity index (χ1n) is 3.78. The molecule has 2 rings (SSSR count). The molecule has 0 bridgehead atoms. The standard InChI is InChI=1S/C9H6ClN3/c10-4-8-6-13-3-1-2-7(5-11)9(13)12-8/h1-3,6H,4H2. The maximum absolute atomic E-state index is 8.78. The molecule has 0 saturated heterocycles. The summed E-state index contributed by atoms with van der Waals surface area (Å²) in [5.74, 6) is 0.368. The smallest absolute Gasteiger partial charge is 0.155 e. The van der Waals surface area contributed by atoms with Crippen molar-refractivity contribution in [1.29, 1.82) is 5.26 Å². The van der Waals surface area contributed by atoms with Crippen molar-refractivity contribution < 1.29 is 0 Å². The average Bonchev–Trinajstić information content (AvgIpc) is 2.59. The molecule has 2 aromatic heterocycles. The molecule has 13 heavy (non-hydrogen) atoms. The second-order valence-electron chi connectivity index (χ2n) is 2.63. The van der Waals surface area contributed by atoms with Gasteiger partial charge in [0.15, 0.2) is 5.65 Å². The second kappa shape index (κ2) is 3.08. The van der Waals surface area contributed by atoms with Crippen molar-refractivity contribution in [3.05, 3.63) is 35.8 Å². The Morgan fingerprint density at radius 3 is 3.15 bits per heavy atom. The summed E-state index contributed by atoms with van der Waals surface area (Å²) in [6.45, 7) is 0. The summed E-state index contributed by atoms with van der Waals surface area (Å²) in [4.78, 5) is 4.21. The zero-order chi connectivity index (χ0) is 9.26. The molecule has 2 heterocycles. The Labute approximate surface area is 80.2 Å². The zero-order valence-corrected chi connectivity index (χ0v) is 7.49. The number of halogens is 1. The number of fused-ring (bicyclic) bond motifs is 1. The number of imidazole rings is 1. The highest BCUT2D eigenvalue weighted by molar-refractivity contribution is 6.16. The summed E-state index contributed by atoms with van der Waals surface area (Å²) in [6, 6.07) is 5.63. The monoisotopic (exact) mass is 191 g/mol. The number of hydrogen-bond donors (Lipinski definition) is 0. The van der Waals surface area contributed by atoms with Crippen molar-refractivity contribution >= 4 is 17.2 Å². The SMILES string of the molecule is N#Cc1cccn2cc(CCl)nc12. The molecule has 64 valence electrons. The fraction of sp³-hybridized carbons (Fsp3) is 0.111. The van der Waals surface area contributed by atoms with Gasteiger partial charge in [0.05, 0.1) is 17.1 Å². The first kappa shape index (κ1) is 8.09. The van der Waals surface area contributed by atoms with Crippen molar-refractivity contribution in [2.24, 2.45) is 0 Å². The number of rotatable bonds is 1. The van der Waals surface area contributed by atoms with E-state index in [0.717, 1.165) is 5.69 Å². The number of nitriles is 1. The van der Waals surface area contributed by atoms with Crippen molar-refractivity contribution in [3.63, 3.8) is 0 Å². The minimum Gasteiger partial charge on any atom is -0.306 e. The van der Waals surface area contributed by atoms with Crippen LogP contribution in [0.3, 0.4) is 0 Å². The molecule has 0 aliphatic heterocycles. The van der Waals surface area contributed by atoms with Gasteiger partial charge in [-0.25, -0.2) is 4.98 Å². The highest BCUT2D eigenvalue weighted by Gasteiger charge is 2.03. The molecular formula is C9H6ClN3. The number of alkyl halides is 1. The van der Waals surface area contributed by atoms with E-state index in [9.17, 15) is 0 Å². The Morgan fingerprint density at radius 1 is 1.62 bits per heavy atom.